The van der Waals surface area contributed by atoms with Gasteiger partial charge in [0, 0.05) is 38.3 Å². The Kier molecular flexibility index (Phi) is 5.45. The number of aromatic hydroxyl groups is 1. The van der Waals surface area contributed by atoms with Gasteiger partial charge in [-0.2, -0.15) is 0 Å². The summed E-state index contributed by atoms with van der Waals surface area (Å²) in [5, 5.41) is 9.84. The zero-order valence-electron chi connectivity index (χ0n) is 13.2. The van der Waals surface area contributed by atoms with Gasteiger partial charge >= 0.3 is 0 Å². The number of hydrogen-bond acceptors (Lipinski definition) is 5. The van der Waals surface area contributed by atoms with E-state index in [9.17, 15) is 5.11 Å². The maximum absolute atomic E-state index is 9.84. The molecule has 0 aromatic heterocycles. The zero-order chi connectivity index (χ0) is 15.4. The topological polar surface area (TPSA) is 62.0 Å². The van der Waals surface area contributed by atoms with Gasteiger partial charge in [-0.15, -0.1) is 0 Å². The third-order valence-corrected chi connectivity index (χ3v) is 4.17. The second kappa shape index (κ2) is 7.11. The molecular formula is C16H27N3O2. The summed E-state index contributed by atoms with van der Waals surface area (Å²) in [5.41, 5.74) is 7.14. The lowest BCUT2D eigenvalue weighted by atomic mass is 10.0. The minimum atomic E-state index is 0.161. The van der Waals surface area contributed by atoms with E-state index in [2.05, 4.69) is 23.8 Å². The lowest BCUT2D eigenvalue weighted by molar-refractivity contribution is 0.0634. The molecular weight excluding hydrogens is 266 g/mol. The standard InChI is InChI=1S/C16H27N3O2/c1-4-21-16-9-13(5-6-15(16)20)14(10-17)19-8-7-18(3)11-12(19)2/h5-6,9,12,14,20H,4,7-8,10-11,17H2,1-3H3. The van der Waals surface area contributed by atoms with Gasteiger partial charge in [0.25, 0.3) is 0 Å². The smallest absolute Gasteiger partial charge is 0.161 e. The minimum absolute atomic E-state index is 0.161. The highest BCUT2D eigenvalue weighted by molar-refractivity contribution is 5.43. The number of phenols is 1. The Bertz CT molecular complexity index is 467. The number of nitrogens with two attached hydrogens (primary N) is 1. The van der Waals surface area contributed by atoms with Crippen LogP contribution >= 0.6 is 0 Å². The van der Waals surface area contributed by atoms with Crippen molar-refractivity contribution < 1.29 is 9.84 Å². The number of nitrogens with zero attached hydrogens (tertiary/aromatic N) is 2. The van der Waals surface area contributed by atoms with Gasteiger partial charge in [0.1, 0.15) is 0 Å². The lowest BCUT2D eigenvalue weighted by Gasteiger charge is -2.42. The van der Waals surface area contributed by atoms with E-state index in [0.717, 1.165) is 25.2 Å². The second-order valence-electron chi connectivity index (χ2n) is 5.76. The summed E-state index contributed by atoms with van der Waals surface area (Å²) in [5.74, 6) is 0.720. The number of ether oxygens (including phenoxy) is 1. The Morgan fingerprint density at radius 1 is 1.43 bits per heavy atom. The Hall–Kier alpha value is -1.30. The molecule has 5 nitrogen and oxygen atoms in total. The molecule has 0 aliphatic carbocycles. The van der Waals surface area contributed by atoms with Crippen molar-refractivity contribution in [3.63, 3.8) is 0 Å². The van der Waals surface area contributed by atoms with E-state index in [4.69, 9.17) is 10.5 Å². The molecule has 0 spiro atoms. The summed E-state index contributed by atoms with van der Waals surface area (Å²) < 4.78 is 5.49. The largest absolute Gasteiger partial charge is 0.504 e. The number of phenolic OH excluding ortho intramolecular Hbond substituents is 1. The fourth-order valence-electron chi connectivity index (χ4n) is 3.09. The van der Waals surface area contributed by atoms with Gasteiger partial charge in [-0.25, -0.2) is 0 Å². The van der Waals surface area contributed by atoms with Crippen molar-refractivity contribution in [2.45, 2.75) is 25.9 Å². The first kappa shape index (κ1) is 16.1. The van der Waals surface area contributed by atoms with Crippen LogP contribution < -0.4 is 10.5 Å². The van der Waals surface area contributed by atoms with E-state index in [1.807, 2.05) is 19.1 Å². The third-order valence-electron chi connectivity index (χ3n) is 4.17. The molecule has 5 heteroatoms. The number of benzene rings is 1. The second-order valence-corrected chi connectivity index (χ2v) is 5.76. The summed E-state index contributed by atoms with van der Waals surface area (Å²) in [6, 6.07) is 6.18. The minimum Gasteiger partial charge on any atom is -0.504 e. The highest BCUT2D eigenvalue weighted by atomic mass is 16.5. The quantitative estimate of drug-likeness (QED) is 0.860. The Morgan fingerprint density at radius 3 is 2.81 bits per heavy atom. The van der Waals surface area contributed by atoms with Crippen LogP contribution in [0.1, 0.15) is 25.5 Å². The van der Waals surface area contributed by atoms with Crippen LogP contribution in [0.5, 0.6) is 11.5 Å². The number of rotatable bonds is 5. The molecule has 21 heavy (non-hydrogen) atoms. The molecule has 118 valence electrons. The summed E-state index contributed by atoms with van der Waals surface area (Å²) >= 11 is 0. The highest BCUT2D eigenvalue weighted by Gasteiger charge is 2.28. The molecule has 2 unspecified atom stereocenters. The first-order valence-corrected chi connectivity index (χ1v) is 7.66. The Morgan fingerprint density at radius 2 is 2.19 bits per heavy atom. The van der Waals surface area contributed by atoms with Gasteiger partial charge in [0.2, 0.25) is 0 Å². The van der Waals surface area contributed by atoms with Crippen LogP contribution in [0.2, 0.25) is 0 Å². The maximum atomic E-state index is 9.84. The van der Waals surface area contributed by atoms with Crippen LogP contribution in [0.15, 0.2) is 18.2 Å². The van der Waals surface area contributed by atoms with Crippen molar-refractivity contribution in [3.05, 3.63) is 23.8 Å². The Balaban J connectivity index is 2.22. The molecule has 1 aromatic carbocycles. The lowest BCUT2D eigenvalue weighted by Crippen LogP contribution is -2.52. The molecule has 1 aromatic rings. The van der Waals surface area contributed by atoms with Gasteiger partial charge in [-0.3, -0.25) is 4.90 Å². The maximum Gasteiger partial charge on any atom is 0.161 e. The predicted molar refractivity (Wildman–Crippen MR) is 84.7 cm³/mol. The number of piperazine rings is 1. The molecule has 1 aliphatic heterocycles. The van der Waals surface area contributed by atoms with Crippen molar-refractivity contribution in [2.75, 3.05) is 39.8 Å². The zero-order valence-corrected chi connectivity index (χ0v) is 13.2. The summed E-state index contributed by atoms with van der Waals surface area (Å²) in [4.78, 5) is 4.79. The van der Waals surface area contributed by atoms with Gasteiger partial charge in [-0.1, -0.05) is 6.07 Å². The fraction of sp³-hybridized carbons (Fsp3) is 0.625. The fourth-order valence-corrected chi connectivity index (χ4v) is 3.09. The molecule has 1 heterocycles. The first-order valence-electron chi connectivity index (χ1n) is 7.66. The molecule has 0 amide bonds. The van der Waals surface area contributed by atoms with Gasteiger partial charge in [0.05, 0.1) is 6.61 Å². The van der Waals surface area contributed by atoms with Crippen molar-refractivity contribution in [3.8, 4) is 11.5 Å². The van der Waals surface area contributed by atoms with Crippen LogP contribution in [-0.4, -0.2) is 60.8 Å². The van der Waals surface area contributed by atoms with E-state index in [1.165, 1.54) is 0 Å². The SMILES string of the molecule is CCOc1cc(C(CN)N2CCN(C)CC2C)ccc1O. The van der Waals surface area contributed by atoms with E-state index in [1.54, 1.807) is 6.07 Å². The number of likely N-dealkylation sites (N-methyl/N-ethyl adjacent to an activating group) is 1. The van der Waals surface area contributed by atoms with Gasteiger partial charge < -0.3 is 20.5 Å². The average Bonchev–Trinajstić information content (AvgIpc) is 2.45. The number of hydrogen-bond donors (Lipinski definition) is 2. The average molecular weight is 293 g/mol. The summed E-state index contributed by atoms with van der Waals surface area (Å²) in [7, 11) is 2.15. The summed E-state index contributed by atoms with van der Waals surface area (Å²) in [6.07, 6.45) is 0. The third kappa shape index (κ3) is 3.67. The van der Waals surface area contributed by atoms with Crippen molar-refractivity contribution in [2.24, 2.45) is 5.73 Å². The van der Waals surface area contributed by atoms with Crippen LogP contribution in [0.4, 0.5) is 0 Å². The molecule has 1 saturated heterocycles. The van der Waals surface area contributed by atoms with Gasteiger partial charge in [-0.05, 0) is 38.6 Å². The predicted octanol–water partition coefficient (Wildman–Crippen LogP) is 1.43. The van der Waals surface area contributed by atoms with Crippen molar-refractivity contribution in [1.82, 2.24) is 9.80 Å². The van der Waals surface area contributed by atoms with E-state index in [0.29, 0.717) is 24.9 Å². The van der Waals surface area contributed by atoms with E-state index < -0.39 is 0 Å². The summed E-state index contributed by atoms with van der Waals surface area (Å²) in [6.45, 7) is 8.35. The van der Waals surface area contributed by atoms with E-state index in [-0.39, 0.29) is 11.8 Å². The molecule has 2 rings (SSSR count). The molecule has 0 saturated carbocycles. The monoisotopic (exact) mass is 293 g/mol. The van der Waals surface area contributed by atoms with Crippen molar-refractivity contribution in [1.29, 1.82) is 0 Å². The highest BCUT2D eigenvalue weighted by Crippen LogP contribution is 2.32. The molecule has 0 bridgehead atoms. The van der Waals surface area contributed by atoms with Crippen LogP contribution in [0, 0.1) is 0 Å². The molecule has 3 N–H and O–H groups in total. The van der Waals surface area contributed by atoms with Crippen LogP contribution in [0.25, 0.3) is 0 Å². The van der Waals surface area contributed by atoms with E-state index >= 15 is 0 Å². The van der Waals surface area contributed by atoms with Crippen LogP contribution in [-0.2, 0) is 0 Å². The molecule has 0 radical (unpaired) electrons. The normalized spacial score (nSPS) is 22.2. The van der Waals surface area contributed by atoms with Gasteiger partial charge in [0.15, 0.2) is 11.5 Å². The Labute approximate surface area is 127 Å². The van der Waals surface area contributed by atoms with Crippen LogP contribution in [0.3, 0.4) is 0 Å². The first-order chi connectivity index (χ1) is 10.1. The van der Waals surface area contributed by atoms with Crippen molar-refractivity contribution >= 4 is 0 Å². The molecule has 2 atom stereocenters. The molecule has 1 fully saturated rings. The molecule has 1 aliphatic rings.